The summed E-state index contributed by atoms with van der Waals surface area (Å²) in [5.74, 6) is 2.53. The molecule has 144 valence electrons. The van der Waals surface area contributed by atoms with Crippen molar-refractivity contribution in [3.05, 3.63) is 47.7 Å². The van der Waals surface area contributed by atoms with Gasteiger partial charge in [0.15, 0.2) is 0 Å². The number of benzene rings is 1. The van der Waals surface area contributed by atoms with Crippen LogP contribution in [0, 0.1) is 6.92 Å². The third-order valence-corrected chi connectivity index (χ3v) is 6.48. The summed E-state index contributed by atoms with van der Waals surface area (Å²) in [6.45, 7) is 5.51. The molecule has 2 atom stereocenters. The minimum Gasteiger partial charge on any atom is -0.353 e. The smallest absolute Gasteiger partial charge is 0.227 e. The van der Waals surface area contributed by atoms with Gasteiger partial charge in [0.1, 0.15) is 5.82 Å². The first kappa shape index (κ1) is 18.3. The highest BCUT2D eigenvalue weighted by Crippen LogP contribution is 2.35. The lowest BCUT2D eigenvalue weighted by Gasteiger charge is -2.32. The number of rotatable bonds is 4. The Labute approximate surface area is 163 Å². The van der Waals surface area contributed by atoms with Gasteiger partial charge >= 0.3 is 0 Å². The van der Waals surface area contributed by atoms with Crippen LogP contribution in [0.25, 0.3) is 0 Å². The standard InChI is InChI=1S/C23H32N4/c1-17-9-11-19(12-10-17)20-15-18(2)27(16-20)22-13-14-24-23(25-22)26(3)21-7-5-4-6-8-21/h9-14,18,20-21H,4-8,15-16H2,1-3H3. The maximum Gasteiger partial charge on any atom is 0.227 e. The van der Waals surface area contributed by atoms with Crippen molar-refractivity contribution >= 4 is 11.8 Å². The molecule has 1 aromatic carbocycles. The molecule has 4 rings (SSSR count). The summed E-state index contributed by atoms with van der Waals surface area (Å²) < 4.78 is 0. The van der Waals surface area contributed by atoms with Gasteiger partial charge in [-0.1, -0.05) is 49.1 Å². The zero-order valence-electron chi connectivity index (χ0n) is 16.9. The average Bonchev–Trinajstić information content (AvgIpc) is 3.10. The summed E-state index contributed by atoms with van der Waals surface area (Å²) in [5.41, 5.74) is 2.77. The van der Waals surface area contributed by atoms with E-state index in [1.165, 1.54) is 49.7 Å². The summed E-state index contributed by atoms with van der Waals surface area (Å²) in [6, 6.07) is 12.2. The molecule has 1 saturated heterocycles. The summed E-state index contributed by atoms with van der Waals surface area (Å²) in [7, 11) is 2.16. The van der Waals surface area contributed by atoms with Crippen LogP contribution in [0.5, 0.6) is 0 Å². The van der Waals surface area contributed by atoms with E-state index in [4.69, 9.17) is 4.98 Å². The predicted octanol–water partition coefficient (Wildman–Crippen LogP) is 4.94. The number of hydrogen-bond acceptors (Lipinski definition) is 4. The first-order chi connectivity index (χ1) is 13.1. The quantitative estimate of drug-likeness (QED) is 0.769. The zero-order valence-corrected chi connectivity index (χ0v) is 16.9. The van der Waals surface area contributed by atoms with Crippen LogP contribution < -0.4 is 9.80 Å². The molecule has 0 N–H and O–H groups in total. The minimum absolute atomic E-state index is 0.499. The van der Waals surface area contributed by atoms with Crippen LogP contribution >= 0.6 is 0 Å². The number of anilines is 2. The Hall–Kier alpha value is -2.10. The van der Waals surface area contributed by atoms with E-state index in [-0.39, 0.29) is 0 Å². The Morgan fingerprint density at radius 3 is 2.52 bits per heavy atom. The van der Waals surface area contributed by atoms with Gasteiger partial charge in [0.2, 0.25) is 5.95 Å². The van der Waals surface area contributed by atoms with Gasteiger partial charge in [-0.2, -0.15) is 4.98 Å². The van der Waals surface area contributed by atoms with E-state index >= 15 is 0 Å². The molecular formula is C23H32N4. The highest BCUT2D eigenvalue weighted by atomic mass is 15.3. The topological polar surface area (TPSA) is 32.3 Å². The summed E-state index contributed by atoms with van der Waals surface area (Å²) in [5, 5.41) is 0. The molecule has 0 amide bonds. The third-order valence-electron chi connectivity index (χ3n) is 6.48. The van der Waals surface area contributed by atoms with Gasteiger partial charge in [-0.25, -0.2) is 4.98 Å². The van der Waals surface area contributed by atoms with E-state index in [9.17, 15) is 0 Å². The average molecular weight is 365 g/mol. The molecule has 2 unspecified atom stereocenters. The van der Waals surface area contributed by atoms with E-state index < -0.39 is 0 Å². The fourth-order valence-electron chi connectivity index (χ4n) is 4.73. The number of nitrogens with zero attached hydrogens (tertiary/aromatic N) is 4. The van der Waals surface area contributed by atoms with E-state index in [1.54, 1.807) is 0 Å². The van der Waals surface area contributed by atoms with Crippen molar-refractivity contribution in [1.82, 2.24) is 9.97 Å². The molecule has 0 spiro atoms. The molecule has 0 bridgehead atoms. The number of aryl methyl sites for hydroxylation is 1. The largest absolute Gasteiger partial charge is 0.353 e. The minimum atomic E-state index is 0.499. The Bertz CT molecular complexity index is 751. The van der Waals surface area contributed by atoms with Crippen LogP contribution in [0.3, 0.4) is 0 Å². The van der Waals surface area contributed by atoms with Crippen molar-refractivity contribution in [2.45, 2.75) is 70.4 Å². The summed E-state index contributed by atoms with van der Waals surface area (Å²) >= 11 is 0. The Morgan fingerprint density at radius 2 is 1.78 bits per heavy atom. The van der Waals surface area contributed by atoms with Crippen molar-refractivity contribution < 1.29 is 0 Å². The van der Waals surface area contributed by atoms with Crippen LogP contribution in [-0.2, 0) is 0 Å². The lowest BCUT2D eigenvalue weighted by atomic mass is 9.95. The number of hydrogen-bond donors (Lipinski definition) is 0. The van der Waals surface area contributed by atoms with Gasteiger partial charge < -0.3 is 9.80 Å². The van der Waals surface area contributed by atoms with Gasteiger partial charge in [0, 0.05) is 37.8 Å². The molecule has 2 aromatic rings. The van der Waals surface area contributed by atoms with Crippen molar-refractivity contribution in [1.29, 1.82) is 0 Å². The van der Waals surface area contributed by atoms with Crippen LogP contribution in [0.15, 0.2) is 36.5 Å². The second-order valence-corrected chi connectivity index (χ2v) is 8.46. The first-order valence-corrected chi connectivity index (χ1v) is 10.5. The van der Waals surface area contributed by atoms with E-state index in [2.05, 4.69) is 66.0 Å². The van der Waals surface area contributed by atoms with Crippen LogP contribution in [-0.4, -0.2) is 35.6 Å². The first-order valence-electron chi connectivity index (χ1n) is 10.5. The fraction of sp³-hybridized carbons (Fsp3) is 0.565. The summed E-state index contributed by atoms with van der Waals surface area (Å²) in [6.07, 6.45) is 9.67. The Kier molecular flexibility index (Phi) is 5.33. The molecule has 1 aliphatic carbocycles. The Balaban J connectivity index is 1.50. The van der Waals surface area contributed by atoms with Crippen molar-refractivity contribution in [3.63, 3.8) is 0 Å². The van der Waals surface area contributed by atoms with Crippen molar-refractivity contribution in [2.75, 3.05) is 23.4 Å². The second-order valence-electron chi connectivity index (χ2n) is 8.46. The molecule has 1 aliphatic heterocycles. The van der Waals surface area contributed by atoms with Crippen molar-refractivity contribution in [3.8, 4) is 0 Å². The van der Waals surface area contributed by atoms with Crippen LogP contribution in [0.1, 0.15) is 62.5 Å². The molecule has 2 fully saturated rings. The SMILES string of the molecule is Cc1ccc(C2CC(C)N(c3ccnc(N(C)C4CCCCC4)n3)C2)cc1. The van der Waals surface area contributed by atoms with E-state index in [0.29, 0.717) is 18.0 Å². The summed E-state index contributed by atoms with van der Waals surface area (Å²) in [4.78, 5) is 14.3. The molecule has 2 heterocycles. The lowest BCUT2D eigenvalue weighted by Crippen LogP contribution is -2.35. The van der Waals surface area contributed by atoms with Gasteiger partial charge in [-0.3, -0.25) is 0 Å². The van der Waals surface area contributed by atoms with E-state index in [1.807, 2.05) is 6.20 Å². The van der Waals surface area contributed by atoms with Gasteiger partial charge in [0.05, 0.1) is 0 Å². The zero-order chi connectivity index (χ0) is 18.8. The molecule has 0 radical (unpaired) electrons. The lowest BCUT2D eigenvalue weighted by molar-refractivity contribution is 0.424. The molecular weight excluding hydrogens is 332 g/mol. The second kappa shape index (κ2) is 7.87. The highest BCUT2D eigenvalue weighted by molar-refractivity contribution is 5.47. The maximum atomic E-state index is 4.96. The maximum absolute atomic E-state index is 4.96. The van der Waals surface area contributed by atoms with E-state index in [0.717, 1.165) is 18.3 Å². The highest BCUT2D eigenvalue weighted by Gasteiger charge is 2.31. The normalized spacial score (nSPS) is 23.6. The molecule has 2 aliphatic rings. The van der Waals surface area contributed by atoms with Gasteiger partial charge in [0.25, 0.3) is 0 Å². The Morgan fingerprint density at radius 1 is 1.04 bits per heavy atom. The third kappa shape index (κ3) is 3.95. The molecule has 4 heteroatoms. The predicted molar refractivity (Wildman–Crippen MR) is 113 cm³/mol. The monoisotopic (exact) mass is 364 g/mol. The van der Waals surface area contributed by atoms with Gasteiger partial charge in [-0.05, 0) is 44.7 Å². The molecule has 1 aromatic heterocycles. The molecule has 4 nitrogen and oxygen atoms in total. The number of aromatic nitrogens is 2. The van der Waals surface area contributed by atoms with Gasteiger partial charge in [-0.15, -0.1) is 0 Å². The molecule has 1 saturated carbocycles. The van der Waals surface area contributed by atoms with Crippen LogP contribution in [0.2, 0.25) is 0 Å². The fourth-order valence-corrected chi connectivity index (χ4v) is 4.73. The van der Waals surface area contributed by atoms with Crippen molar-refractivity contribution in [2.24, 2.45) is 0 Å². The van der Waals surface area contributed by atoms with Crippen LogP contribution in [0.4, 0.5) is 11.8 Å². The molecule has 27 heavy (non-hydrogen) atoms.